The zero-order chi connectivity index (χ0) is 13.3. The normalized spacial score (nSPS) is 24.4. The molecule has 0 bridgehead atoms. The van der Waals surface area contributed by atoms with Crippen molar-refractivity contribution in [1.82, 2.24) is 14.7 Å². The van der Waals surface area contributed by atoms with Crippen LogP contribution in [0.2, 0.25) is 0 Å². The maximum Gasteiger partial charge on any atom is 0.243 e. The highest BCUT2D eigenvalue weighted by Crippen LogP contribution is 2.28. The fraction of sp³-hybridized carbons (Fsp3) is 0.667. The van der Waals surface area contributed by atoms with Crippen molar-refractivity contribution in [1.29, 1.82) is 0 Å². The smallest absolute Gasteiger partial charge is 0.243 e. The third-order valence-electron chi connectivity index (χ3n) is 3.47. The molecule has 0 spiro atoms. The van der Waals surface area contributed by atoms with E-state index in [0.29, 0.717) is 12.5 Å². The summed E-state index contributed by atoms with van der Waals surface area (Å²) in [7, 11) is 3.55. The molecule has 2 rings (SSSR count). The van der Waals surface area contributed by atoms with Gasteiger partial charge in [-0.1, -0.05) is 0 Å². The minimum Gasteiger partial charge on any atom is -0.393 e. The molecular formula is C12H20N4O2. The summed E-state index contributed by atoms with van der Waals surface area (Å²) in [6.45, 7) is 0.657. The Labute approximate surface area is 106 Å². The molecule has 1 aromatic heterocycles. The van der Waals surface area contributed by atoms with Crippen molar-refractivity contribution < 1.29 is 9.90 Å². The van der Waals surface area contributed by atoms with E-state index in [4.69, 9.17) is 5.73 Å². The number of aromatic nitrogens is 2. The Bertz CT molecular complexity index is 425. The van der Waals surface area contributed by atoms with Gasteiger partial charge in [0.1, 0.15) is 6.04 Å². The zero-order valence-electron chi connectivity index (χ0n) is 10.8. The molecule has 1 fully saturated rings. The first-order chi connectivity index (χ1) is 8.47. The summed E-state index contributed by atoms with van der Waals surface area (Å²) in [5, 5.41) is 13.2. The maximum atomic E-state index is 12.1. The number of rotatable bonds is 4. The number of nitrogens with two attached hydrogens (primary N) is 1. The highest BCUT2D eigenvalue weighted by Gasteiger charge is 2.30. The molecule has 1 aromatic rings. The summed E-state index contributed by atoms with van der Waals surface area (Å²) in [6, 6.07) is -0.659. The van der Waals surface area contributed by atoms with Crippen molar-refractivity contribution in [3.63, 3.8) is 0 Å². The molecule has 1 saturated carbocycles. The standard InChI is InChI=1S/C12H20N4O2/c1-15(6-8-3-10(17)4-8)12(18)11(13)9-5-14-16(2)7-9/h5,7-8,10-11,17H,3-4,6,13H2,1-2H3. The molecule has 0 saturated heterocycles. The number of amides is 1. The third kappa shape index (κ3) is 2.70. The molecule has 1 aliphatic rings. The number of aliphatic hydroxyl groups excluding tert-OH is 1. The molecule has 100 valence electrons. The van der Waals surface area contributed by atoms with Gasteiger partial charge in [-0.3, -0.25) is 9.48 Å². The first-order valence-corrected chi connectivity index (χ1v) is 6.14. The van der Waals surface area contributed by atoms with Crippen LogP contribution in [0.25, 0.3) is 0 Å². The number of carbonyl (C=O) groups is 1. The Hall–Kier alpha value is -1.40. The van der Waals surface area contributed by atoms with E-state index in [2.05, 4.69) is 5.10 Å². The zero-order valence-corrected chi connectivity index (χ0v) is 10.8. The largest absolute Gasteiger partial charge is 0.393 e. The maximum absolute atomic E-state index is 12.1. The molecule has 1 aliphatic carbocycles. The lowest BCUT2D eigenvalue weighted by Gasteiger charge is -2.35. The van der Waals surface area contributed by atoms with Crippen molar-refractivity contribution in [2.24, 2.45) is 18.7 Å². The minimum atomic E-state index is -0.659. The average Bonchev–Trinajstić information content (AvgIpc) is 2.71. The van der Waals surface area contributed by atoms with Gasteiger partial charge in [0.25, 0.3) is 0 Å². The minimum absolute atomic E-state index is 0.107. The molecule has 3 N–H and O–H groups in total. The van der Waals surface area contributed by atoms with Crippen LogP contribution >= 0.6 is 0 Å². The lowest BCUT2D eigenvalue weighted by molar-refractivity contribution is -0.133. The van der Waals surface area contributed by atoms with Gasteiger partial charge in [-0.15, -0.1) is 0 Å². The van der Waals surface area contributed by atoms with Crippen LogP contribution in [0.1, 0.15) is 24.4 Å². The number of aryl methyl sites for hydroxylation is 1. The first-order valence-electron chi connectivity index (χ1n) is 6.14. The lowest BCUT2D eigenvalue weighted by Crippen LogP contribution is -2.42. The van der Waals surface area contributed by atoms with Gasteiger partial charge in [0.2, 0.25) is 5.91 Å². The average molecular weight is 252 g/mol. The Morgan fingerprint density at radius 3 is 2.89 bits per heavy atom. The van der Waals surface area contributed by atoms with E-state index in [1.807, 2.05) is 0 Å². The van der Waals surface area contributed by atoms with Gasteiger partial charge in [0.05, 0.1) is 12.3 Å². The second-order valence-electron chi connectivity index (χ2n) is 5.14. The SMILES string of the molecule is CN(CC1CC(O)C1)C(=O)C(N)c1cnn(C)c1. The van der Waals surface area contributed by atoms with Gasteiger partial charge in [0, 0.05) is 32.4 Å². The fourth-order valence-corrected chi connectivity index (χ4v) is 2.31. The second-order valence-corrected chi connectivity index (χ2v) is 5.14. The van der Waals surface area contributed by atoms with E-state index in [-0.39, 0.29) is 12.0 Å². The van der Waals surface area contributed by atoms with Crippen molar-refractivity contribution in [3.8, 4) is 0 Å². The fourth-order valence-electron chi connectivity index (χ4n) is 2.31. The summed E-state index contributed by atoms with van der Waals surface area (Å²) >= 11 is 0. The number of hydrogen-bond donors (Lipinski definition) is 2. The first kappa shape index (κ1) is 13.0. The van der Waals surface area contributed by atoms with Gasteiger partial charge < -0.3 is 15.7 Å². The number of hydrogen-bond acceptors (Lipinski definition) is 4. The van der Waals surface area contributed by atoms with E-state index < -0.39 is 6.04 Å². The Balaban J connectivity index is 1.89. The van der Waals surface area contributed by atoms with Crippen LogP contribution in [0.3, 0.4) is 0 Å². The molecule has 0 aliphatic heterocycles. The van der Waals surface area contributed by atoms with Crippen LogP contribution in [0.15, 0.2) is 12.4 Å². The monoisotopic (exact) mass is 252 g/mol. The Kier molecular flexibility index (Phi) is 3.68. The molecule has 18 heavy (non-hydrogen) atoms. The quantitative estimate of drug-likeness (QED) is 0.767. The van der Waals surface area contributed by atoms with Gasteiger partial charge in [-0.05, 0) is 18.8 Å². The molecule has 1 unspecified atom stereocenters. The molecule has 6 nitrogen and oxygen atoms in total. The van der Waals surface area contributed by atoms with Crippen molar-refractivity contribution in [3.05, 3.63) is 18.0 Å². The molecule has 6 heteroatoms. The number of carbonyl (C=O) groups excluding carboxylic acids is 1. The second kappa shape index (κ2) is 5.07. The van der Waals surface area contributed by atoms with Gasteiger partial charge >= 0.3 is 0 Å². The molecule has 1 amide bonds. The van der Waals surface area contributed by atoms with Gasteiger partial charge in [-0.25, -0.2) is 0 Å². The summed E-state index contributed by atoms with van der Waals surface area (Å²) in [4.78, 5) is 13.8. The summed E-state index contributed by atoms with van der Waals surface area (Å²) < 4.78 is 1.63. The van der Waals surface area contributed by atoms with E-state index in [1.165, 1.54) is 0 Å². The van der Waals surface area contributed by atoms with E-state index in [9.17, 15) is 9.90 Å². The van der Waals surface area contributed by atoms with Gasteiger partial charge in [0.15, 0.2) is 0 Å². The molecule has 1 heterocycles. The van der Waals surface area contributed by atoms with E-state index in [1.54, 1.807) is 36.1 Å². The highest BCUT2D eigenvalue weighted by molar-refractivity contribution is 5.82. The van der Waals surface area contributed by atoms with Crippen LogP contribution in [0, 0.1) is 5.92 Å². The van der Waals surface area contributed by atoms with E-state index in [0.717, 1.165) is 18.4 Å². The van der Waals surface area contributed by atoms with Crippen LogP contribution in [0.5, 0.6) is 0 Å². The van der Waals surface area contributed by atoms with Crippen LogP contribution in [0.4, 0.5) is 0 Å². The van der Waals surface area contributed by atoms with Crippen LogP contribution in [-0.2, 0) is 11.8 Å². The third-order valence-corrected chi connectivity index (χ3v) is 3.47. The summed E-state index contributed by atoms with van der Waals surface area (Å²) in [5.41, 5.74) is 6.65. The predicted octanol–water partition coefficient (Wildman–Crippen LogP) is -0.351. The van der Waals surface area contributed by atoms with Crippen molar-refractivity contribution >= 4 is 5.91 Å². The van der Waals surface area contributed by atoms with Crippen LogP contribution < -0.4 is 5.73 Å². The molecule has 1 atom stereocenters. The van der Waals surface area contributed by atoms with Gasteiger partial charge in [-0.2, -0.15) is 5.10 Å². The topological polar surface area (TPSA) is 84.4 Å². The van der Waals surface area contributed by atoms with Crippen molar-refractivity contribution in [2.45, 2.75) is 25.0 Å². The highest BCUT2D eigenvalue weighted by atomic mass is 16.3. The lowest BCUT2D eigenvalue weighted by atomic mass is 9.82. The molecular weight excluding hydrogens is 232 g/mol. The van der Waals surface area contributed by atoms with Crippen molar-refractivity contribution in [2.75, 3.05) is 13.6 Å². The summed E-state index contributed by atoms with van der Waals surface area (Å²) in [5.74, 6) is 0.291. The Morgan fingerprint density at radius 2 is 2.39 bits per heavy atom. The number of aliphatic hydroxyl groups is 1. The predicted molar refractivity (Wildman–Crippen MR) is 66.5 cm³/mol. The molecule has 0 aromatic carbocycles. The van der Waals surface area contributed by atoms with E-state index >= 15 is 0 Å². The van der Waals surface area contributed by atoms with Crippen LogP contribution in [-0.4, -0.2) is 45.4 Å². The number of nitrogens with zero attached hydrogens (tertiary/aromatic N) is 3. The summed E-state index contributed by atoms with van der Waals surface area (Å²) in [6.07, 6.45) is 4.73. The number of likely N-dealkylation sites (N-methyl/N-ethyl adjacent to an activating group) is 1. The molecule has 0 radical (unpaired) electrons. The Morgan fingerprint density at radius 1 is 1.72 bits per heavy atom.